The predicted octanol–water partition coefficient (Wildman–Crippen LogP) is 2.67. The second-order valence-corrected chi connectivity index (χ2v) is 3.14. The van der Waals surface area contributed by atoms with Gasteiger partial charge in [-0.3, -0.25) is 0 Å². The first-order valence-electron chi connectivity index (χ1n) is 5.16. The van der Waals surface area contributed by atoms with Crippen LogP contribution in [0.2, 0.25) is 0 Å². The molecule has 1 heteroatoms. The van der Waals surface area contributed by atoms with Crippen molar-refractivity contribution in [1.29, 1.82) is 0 Å². The molecule has 1 heterocycles. The molecule has 1 aliphatic rings. The molecule has 1 N–H and O–H groups in total. The number of benzene rings is 1. The van der Waals surface area contributed by atoms with E-state index in [1.54, 1.807) is 0 Å². The van der Waals surface area contributed by atoms with Crippen LogP contribution in [0.5, 0.6) is 0 Å². The van der Waals surface area contributed by atoms with E-state index >= 15 is 0 Å². The maximum Gasteiger partial charge on any atom is 0.0210 e. The van der Waals surface area contributed by atoms with Crippen molar-refractivity contribution in [3.63, 3.8) is 0 Å². The fraction of sp³-hybridized carbons (Fsp3) is 0.500. The Kier molecular flexibility index (Phi) is 3.97. The standard InChI is InChI=1S/C10H13N.C2H6/c1-8-3-2-4-9-5-6-11-7-10(8)9;1-2/h2-4,11H,5-7H2,1H3;1-2H3. The van der Waals surface area contributed by atoms with Crippen LogP contribution in [-0.2, 0) is 13.0 Å². The van der Waals surface area contributed by atoms with Gasteiger partial charge in [-0.1, -0.05) is 32.0 Å². The van der Waals surface area contributed by atoms with E-state index in [1.807, 2.05) is 13.8 Å². The molecule has 0 atom stereocenters. The first kappa shape index (κ1) is 10.3. The monoisotopic (exact) mass is 177 g/mol. The average Bonchev–Trinajstić information content (AvgIpc) is 2.22. The second-order valence-electron chi connectivity index (χ2n) is 3.14. The molecule has 0 fully saturated rings. The molecule has 0 aliphatic carbocycles. The van der Waals surface area contributed by atoms with Gasteiger partial charge < -0.3 is 5.32 Å². The lowest BCUT2D eigenvalue weighted by molar-refractivity contribution is 0.640. The quantitative estimate of drug-likeness (QED) is 0.642. The number of nitrogens with one attached hydrogen (secondary N) is 1. The van der Waals surface area contributed by atoms with Gasteiger partial charge in [0.1, 0.15) is 0 Å². The summed E-state index contributed by atoms with van der Waals surface area (Å²) in [5, 5.41) is 3.38. The Morgan fingerprint density at radius 2 is 2.00 bits per heavy atom. The zero-order valence-electron chi connectivity index (χ0n) is 8.85. The molecular weight excluding hydrogens is 158 g/mol. The fourth-order valence-corrected chi connectivity index (χ4v) is 1.69. The first-order chi connectivity index (χ1) is 6.38. The lowest BCUT2D eigenvalue weighted by atomic mass is 9.97. The molecule has 0 saturated heterocycles. The Hall–Kier alpha value is -0.820. The van der Waals surface area contributed by atoms with Gasteiger partial charge in [-0.25, -0.2) is 0 Å². The number of fused-ring (bicyclic) bond motifs is 1. The van der Waals surface area contributed by atoms with Crippen molar-refractivity contribution in [2.45, 2.75) is 33.7 Å². The zero-order valence-corrected chi connectivity index (χ0v) is 8.85. The molecule has 1 aliphatic heterocycles. The minimum absolute atomic E-state index is 1.06. The highest BCUT2D eigenvalue weighted by atomic mass is 14.9. The van der Waals surface area contributed by atoms with E-state index in [2.05, 4.69) is 30.4 Å². The molecule has 2 rings (SSSR count). The van der Waals surface area contributed by atoms with Crippen LogP contribution in [0.15, 0.2) is 18.2 Å². The molecule has 0 radical (unpaired) electrons. The lowest BCUT2D eigenvalue weighted by Crippen LogP contribution is -2.24. The van der Waals surface area contributed by atoms with Gasteiger partial charge in [0, 0.05) is 6.54 Å². The van der Waals surface area contributed by atoms with Gasteiger partial charge in [-0.15, -0.1) is 0 Å². The lowest BCUT2D eigenvalue weighted by Gasteiger charge is -2.18. The number of aryl methyl sites for hydroxylation is 1. The molecule has 1 aromatic carbocycles. The van der Waals surface area contributed by atoms with Crippen molar-refractivity contribution in [2.24, 2.45) is 0 Å². The molecule has 13 heavy (non-hydrogen) atoms. The highest BCUT2D eigenvalue weighted by Crippen LogP contribution is 2.16. The van der Waals surface area contributed by atoms with Crippen LogP contribution < -0.4 is 5.32 Å². The molecule has 1 nitrogen and oxygen atoms in total. The Labute approximate surface area is 81.2 Å². The summed E-state index contributed by atoms with van der Waals surface area (Å²) < 4.78 is 0. The molecule has 0 unspecified atom stereocenters. The van der Waals surface area contributed by atoms with Crippen LogP contribution in [-0.4, -0.2) is 6.54 Å². The van der Waals surface area contributed by atoms with E-state index in [1.165, 1.54) is 23.1 Å². The summed E-state index contributed by atoms with van der Waals surface area (Å²) in [7, 11) is 0. The molecule has 0 aromatic heterocycles. The normalized spacial score (nSPS) is 14.1. The molecule has 1 aromatic rings. The van der Waals surface area contributed by atoms with Crippen molar-refractivity contribution >= 4 is 0 Å². The van der Waals surface area contributed by atoms with Crippen LogP contribution >= 0.6 is 0 Å². The second kappa shape index (κ2) is 5.03. The molecule has 0 saturated carbocycles. The molecular formula is C12H19N. The number of rotatable bonds is 0. The Morgan fingerprint density at radius 3 is 2.69 bits per heavy atom. The fourth-order valence-electron chi connectivity index (χ4n) is 1.69. The summed E-state index contributed by atoms with van der Waals surface area (Å²) in [6.07, 6.45) is 1.19. The Balaban J connectivity index is 0.000000396. The highest BCUT2D eigenvalue weighted by Gasteiger charge is 2.08. The number of hydrogen-bond donors (Lipinski definition) is 1. The van der Waals surface area contributed by atoms with Crippen LogP contribution in [0, 0.1) is 6.92 Å². The minimum Gasteiger partial charge on any atom is -0.312 e. The van der Waals surface area contributed by atoms with Crippen molar-refractivity contribution in [3.05, 3.63) is 34.9 Å². The first-order valence-corrected chi connectivity index (χ1v) is 5.16. The highest BCUT2D eigenvalue weighted by molar-refractivity contribution is 5.35. The maximum absolute atomic E-state index is 3.38. The van der Waals surface area contributed by atoms with Gasteiger partial charge in [0.15, 0.2) is 0 Å². The zero-order chi connectivity index (χ0) is 9.68. The van der Waals surface area contributed by atoms with Gasteiger partial charge in [-0.05, 0) is 36.6 Å². The van der Waals surface area contributed by atoms with Crippen molar-refractivity contribution in [3.8, 4) is 0 Å². The summed E-state index contributed by atoms with van der Waals surface area (Å²) in [4.78, 5) is 0. The predicted molar refractivity (Wildman–Crippen MR) is 57.9 cm³/mol. The summed E-state index contributed by atoms with van der Waals surface area (Å²) in [6.45, 7) is 8.38. The van der Waals surface area contributed by atoms with Crippen LogP contribution in [0.4, 0.5) is 0 Å². The number of hydrogen-bond acceptors (Lipinski definition) is 1. The van der Waals surface area contributed by atoms with Gasteiger partial charge in [0.25, 0.3) is 0 Å². The Morgan fingerprint density at radius 1 is 1.23 bits per heavy atom. The van der Waals surface area contributed by atoms with Crippen LogP contribution in [0.3, 0.4) is 0 Å². The Bertz CT molecular complexity index is 266. The van der Waals surface area contributed by atoms with E-state index in [4.69, 9.17) is 0 Å². The summed E-state index contributed by atoms with van der Waals surface area (Å²) >= 11 is 0. The van der Waals surface area contributed by atoms with E-state index in [-0.39, 0.29) is 0 Å². The van der Waals surface area contributed by atoms with Crippen molar-refractivity contribution < 1.29 is 0 Å². The third-order valence-corrected chi connectivity index (χ3v) is 2.38. The van der Waals surface area contributed by atoms with E-state index in [0.717, 1.165) is 13.1 Å². The summed E-state index contributed by atoms with van der Waals surface area (Å²) in [5.41, 5.74) is 4.47. The van der Waals surface area contributed by atoms with Gasteiger partial charge in [0.05, 0.1) is 0 Å². The van der Waals surface area contributed by atoms with Gasteiger partial charge in [-0.2, -0.15) is 0 Å². The third kappa shape index (κ3) is 2.31. The summed E-state index contributed by atoms with van der Waals surface area (Å²) in [6, 6.07) is 6.58. The van der Waals surface area contributed by atoms with Crippen molar-refractivity contribution in [2.75, 3.05) is 6.54 Å². The minimum atomic E-state index is 1.06. The SMILES string of the molecule is CC.Cc1cccc2c1CNCC2. The van der Waals surface area contributed by atoms with Crippen molar-refractivity contribution in [1.82, 2.24) is 5.32 Å². The molecule has 72 valence electrons. The molecule has 0 amide bonds. The average molecular weight is 177 g/mol. The maximum atomic E-state index is 3.38. The largest absolute Gasteiger partial charge is 0.312 e. The van der Waals surface area contributed by atoms with E-state index in [9.17, 15) is 0 Å². The van der Waals surface area contributed by atoms with E-state index in [0.29, 0.717) is 0 Å². The smallest absolute Gasteiger partial charge is 0.0210 e. The third-order valence-electron chi connectivity index (χ3n) is 2.38. The van der Waals surface area contributed by atoms with E-state index < -0.39 is 0 Å². The van der Waals surface area contributed by atoms with Gasteiger partial charge >= 0.3 is 0 Å². The van der Waals surface area contributed by atoms with Crippen LogP contribution in [0.25, 0.3) is 0 Å². The molecule has 0 spiro atoms. The summed E-state index contributed by atoms with van der Waals surface area (Å²) in [5.74, 6) is 0. The van der Waals surface area contributed by atoms with Gasteiger partial charge in [0.2, 0.25) is 0 Å². The molecule has 0 bridgehead atoms. The topological polar surface area (TPSA) is 12.0 Å². The van der Waals surface area contributed by atoms with Crippen LogP contribution in [0.1, 0.15) is 30.5 Å².